The first-order valence-electron chi connectivity index (χ1n) is 4.36. The second-order valence-corrected chi connectivity index (χ2v) is 3.18. The van der Waals surface area contributed by atoms with Gasteiger partial charge in [0.05, 0.1) is 0 Å². The Morgan fingerprint density at radius 3 is 2.69 bits per heavy atom. The minimum Gasteiger partial charge on any atom is -0.352 e. The summed E-state index contributed by atoms with van der Waals surface area (Å²) in [5, 5.41) is 2.80. The monoisotopic (exact) mass is 177 g/mol. The molecule has 0 bridgehead atoms. The van der Waals surface area contributed by atoms with Gasteiger partial charge in [-0.1, -0.05) is 25.1 Å². The predicted octanol–water partition coefficient (Wildman–Crippen LogP) is 2.00. The number of hydrogen-bond donors (Lipinski definition) is 1. The smallest absolute Gasteiger partial charge is 0.352 e. The molecule has 0 heterocycles. The molecule has 1 atom stereocenters. The van der Waals surface area contributed by atoms with Gasteiger partial charge in [0, 0.05) is 12.1 Å². The van der Waals surface area contributed by atoms with Crippen LogP contribution in [-0.2, 0) is 0 Å². The molecule has 2 heteroatoms. The van der Waals surface area contributed by atoms with Crippen molar-refractivity contribution in [2.24, 2.45) is 5.92 Å². The maximum atomic E-state index is 11.4. The molecule has 2 nitrogen and oxygen atoms in total. The summed E-state index contributed by atoms with van der Waals surface area (Å²) < 4.78 is 0. The molecule has 0 aromatic heterocycles. The van der Waals surface area contributed by atoms with Gasteiger partial charge in [-0.2, -0.15) is 0 Å². The minimum absolute atomic E-state index is 0. The first kappa shape index (κ1) is 9.78. The topological polar surface area (TPSA) is 29.1 Å². The molecule has 0 aliphatic rings. The SMILES string of the molecule is [CH2]C(C)CNC(=O)c1ccccc1.[H+]. The Bertz CT molecular complexity index is 272. The molecule has 1 N–H and O–H groups in total. The summed E-state index contributed by atoms with van der Waals surface area (Å²) in [6, 6.07) is 9.18. The van der Waals surface area contributed by atoms with Crippen LogP contribution in [0.3, 0.4) is 0 Å². The fraction of sp³-hybridized carbons (Fsp3) is 0.273. The molecule has 1 unspecified atom stereocenters. The van der Waals surface area contributed by atoms with Crippen LogP contribution in [-0.4, -0.2) is 12.5 Å². The Labute approximate surface area is 80.5 Å². The lowest BCUT2D eigenvalue weighted by Crippen LogP contribution is -2.27. The maximum absolute atomic E-state index is 11.4. The first-order valence-corrected chi connectivity index (χ1v) is 4.36. The van der Waals surface area contributed by atoms with Crippen molar-refractivity contribution in [3.63, 3.8) is 0 Å². The first-order chi connectivity index (χ1) is 6.20. The number of rotatable bonds is 3. The highest BCUT2D eigenvalue weighted by molar-refractivity contribution is 5.94. The Morgan fingerprint density at radius 1 is 1.54 bits per heavy atom. The lowest BCUT2D eigenvalue weighted by atomic mass is 10.2. The molecule has 0 spiro atoms. The van der Waals surface area contributed by atoms with Crippen molar-refractivity contribution in [1.29, 1.82) is 0 Å². The summed E-state index contributed by atoms with van der Waals surface area (Å²) in [4.78, 5) is 11.4. The lowest BCUT2D eigenvalue weighted by molar-refractivity contribution is 0.0950. The van der Waals surface area contributed by atoms with E-state index in [1.165, 1.54) is 0 Å². The van der Waals surface area contributed by atoms with Gasteiger partial charge in [0.25, 0.3) is 5.91 Å². The van der Waals surface area contributed by atoms with E-state index in [0.29, 0.717) is 12.1 Å². The fourth-order valence-electron chi connectivity index (χ4n) is 0.959. The predicted molar refractivity (Wildman–Crippen MR) is 54.4 cm³/mol. The van der Waals surface area contributed by atoms with Gasteiger partial charge in [0.2, 0.25) is 0 Å². The van der Waals surface area contributed by atoms with Gasteiger partial charge in [0.1, 0.15) is 0 Å². The molecule has 1 rings (SSSR count). The van der Waals surface area contributed by atoms with E-state index in [2.05, 4.69) is 12.2 Å². The molecule has 13 heavy (non-hydrogen) atoms. The second-order valence-electron chi connectivity index (χ2n) is 3.18. The number of carbonyl (C=O) groups is 1. The van der Waals surface area contributed by atoms with Crippen LogP contribution in [0.5, 0.6) is 0 Å². The summed E-state index contributed by atoms with van der Waals surface area (Å²) in [5.74, 6) is 0.212. The molecule has 1 amide bonds. The van der Waals surface area contributed by atoms with Crippen LogP contribution >= 0.6 is 0 Å². The molecular formula is C11H15NO+. The van der Waals surface area contributed by atoms with E-state index >= 15 is 0 Å². The van der Waals surface area contributed by atoms with E-state index in [1.807, 2.05) is 25.1 Å². The van der Waals surface area contributed by atoms with Crippen LogP contribution in [0.4, 0.5) is 0 Å². The second kappa shape index (κ2) is 4.65. The standard InChI is InChI=1S/C11H14NO/c1-9(2)8-12-11(13)10-6-4-3-5-7-10/h3-7,9H,1,8H2,2H3,(H,12,13)/p+1. The van der Waals surface area contributed by atoms with Gasteiger partial charge >= 0.3 is 1.43 Å². The number of nitrogens with one attached hydrogen (secondary N) is 1. The van der Waals surface area contributed by atoms with Crippen LogP contribution < -0.4 is 5.32 Å². The van der Waals surface area contributed by atoms with Crippen LogP contribution in [0.15, 0.2) is 30.3 Å². The third kappa shape index (κ3) is 3.28. The van der Waals surface area contributed by atoms with Gasteiger partial charge < -0.3 is 5.32 Å². The third-order valence-electron chi connectivity index (χ3n) is 1.65. The minimum atomic E-state index is -0.0314. The highest BCUT2D eigenvalue weighted by Crippen LogP contribution is 1.98. The normalized spacial score (nSPS) is 10.1. The molecule has 0 aliphatic carbocycles. The van der Waals surface area contributed by atoms with Gasteiger partial charge in [-0.15, -0.1) is 0 Å². The molecular weight excluding hydrogens is 162 g/mol. The van der Waals surface area contributed by atoms with Crippen molar-refractivity contribution in [2.45, 2.75) is 6.92 Å². The van der Waals surface area contributed by atoms with Crippen LogP contribution in [0.2, 0.25) is 0 Å². The molecule has 1 aromatic carbocycles. The molecule has 0 fully saturated rings. The van der Waals surface area contributed by atoms with Crippen molar-refractivity contribution in [2.75, 3.05) is 6.54 Å². The average Bonchev–Trinajstić information content (AvgIpc) is 2.15. The van der Waals surface area contributed by atoms with Crippen LogP contribution in [0.1, 0.15) is 18.7 Å². The Kier molecular flexibility index (Phi) is 3.50. The Balaban J connectivity index is 0.00000169. The van der Waals surface area contributed by atoms with Gasteiger partial charge in [-0.25, -0.2) is 0 Å². The maximum Gasteiger partial charge on any atom is 1.00 e. The summed E-state index contributed by atoms with van der Waals surface area (Å²) in [5.41, 5.74) is 0.697. The van der Waals surface area contributed by atoms with Crippen molar-refractivity contribution in [1.82, 2.24) is 5.32 Å². The van der Waals surface area contributed by atoms with E-state index in [1.54, 1.807) is 12.1 Å². The molecule has 0 saturated carbocycles. The quantitative estimate of drug-likeness (QED) is 0.751. The highest BCUT2D eigenvalue weighted by Gasteiger charge is 2.03. The van der Waals surface area contributed by atoms with E-state index in [0.717, 1.165) is 0 Å². The molecule has 1 radical (unpaired) electrons. The van der Waals surface area contributed by atoms with Crippen molar-refractivity contribution < 1.29 is 6.22 Å². The fourth-order valence-corrected chi connectivity index (χ4v) is 0.959. The molecule has 69 valence electrons. The summed E-state index contributed by atoms with van der Waals surface area (Å²) in [6.07, 6.45) is 0. The Hall–Kier alpha value is -1.31. The van der Waals surface area contributed by atoms with Gasteiger partial charge in [-0.05, 0) is 25.0 Å². The number of amides is 1. The molecule has 0 saturated heterocycles. The van der Waals surface area contributed by atoms with Crippen molar-refractivity contribution in [3.8, 4) is 0 Å². The zero-order chi connectivity index (χ0) is 9.68. The summed E-state index contributed by atoms with van der Waals surface area (Å²) in [7, 11) is 0. The zero-order valence-corrected chi connectivity index (χ0v) is 7.79. The van der Waals surface area contributed by atoms with Gasteiger partial charge in [0.15, 0.2) is 0 Å². The summed E-state index contributed by atoms with van der Waals surface area (Å²) in [6.45, 7) is 6.37. The van der Waals surface area contributed by atoms with Crippen LogP contribution in [0.25, 0.3) is 0 Å². The average molecular weight is 177 g/mol. The molecule has 1 aromatic rings. The number of carbonyl (C=O) groups excluding carboxylic acids is 1. The van der Waals surface area contributed by atoms with Gasteiger partial charge in [-0.3, -0.25) is 4.79 Å². The number of benzene rings is 1. The highest BCUT2D eigenvalue weighted by atomic mass is 16.1. The van der Waals surface area contributed by atoms with Crippen molar-refractivity contribution >= 4 is 5.91 Å². The lowest BCUT2D eigenvalue weighted by Gasteiger charge is -2.06. The molecule has 0 aliphatic heterocycles. The largest absolute Gasteiger partial charge is 1.00 e. The van der Waals surface area contributed by atoms with Crippen LogP contribution in [0, 0.1) is 12.8 Å². The third-order valence-corrected chi connectivity index (χ3v) is 1.65. The van der Waals surface area contributed by atoms with Crippen molar-refractivity contribution in [3.05, 3.63) is 42.8 Å². The Morgan fingerprint density at radius 2 is 2.15 bits per heavy atom. The van der Waals surface area contributed by atoms with E-state index in [-0.39, 0.29) is 13.3 Å². The van der Waals surface area contributed by atoms with E-state index < -0.39 is 0 Å². The summed E-state index contributed by atoms with van der Waals surface area (Å²) >= 11 is 0. The number of hydrogen-bond acceptors (Lipinski definition) is 1. The van der Waals surface area contributed by atoms with E-state index in [9.17, 15) is 4.79 Å². The zero-order valence-electron chi connectivity index (χ0n) is 8.79. The van der Waals surface area contributed by atoms with E-state index in [4.69, 9.17) is 0 Å².